The van der Waals surface area contributed by atoms with E-state index in [0.29, 0.717) is 17.9 Å². The van der Waals surface area contributed by atoms with Crippen LogP contribution < -0.4 is 0 Å². The number of hydrogen-bond donors (Lipinski definition) is 1. The Balaban J connectivity index is 2.54. The maximum absolute atomic E-state index is 10.5. The van der Waals surface area contributed by atoms with Crippen LogP contribution in [0.5, 0.6) is 0 Å². The van der Waals surface area contributed by atoms with Crippen LogP contribution in [0.4, 0.5) is 0 Å². The Labute approximate surface area is 87.8 Å². The van der Waals surface area contributed by atoms with Crippen LogP contribution in [0.3, 0.4) is 0 Å². The Hall–Kier alpha value is -1.28. The second-order valence-electron chi connectivity index (χ2n) is 3.04. The summed E-state index contributed by atoms with van der Waals surface area (Å²) in [6, 6.07) is 7.38. The molecule has 0 saturated heterocycles. The molecular weight excluding hydrogens is 200 g/mol. The molecule has 1 aromatic rings. The Morgan fingerprint density at radius 2 is 2.21 bits per heavy atom. The van der Waals surface area contributed by atoms with Crippen molar-refractivity contribution < 1.29 is 9.90 Å². The maximum Gasteiger partial charge on any atom is 0.330 e. The third-order valence-electron chi connectivity index (χ3n) is 1.91. The smallest absolute Gasteiger partial charge is 0.330 e. The summed E-state index contributed by atoms with van der Waals surface area (Å²) in [5.41, 5.74) is 1.25. The molecule has 1 aromatic carbocycles. The topological polar surface area (TPSA) is 37.3 Å². The van der Waals surface area contributed by atoms with E-state index < -0.39 is 5.97 Å². The monoisotopic (exact) mass is 210 g/mol. The van der Waals surface area contributed by atoms with Crippen molar-refractivity contribution in [2.24, 2.45) is 0 Å². The van der Waals surface area contributed by atoms with Gasteiger partial charge in [-0.2, -0.15) is 0 Å². The quantitative estimate of drug-likeness (QED) is 0.776. The van der Waals surface area contributed by atoms with Gasteiger partial charge >= 0.3 is 5.97 Å². The summed E-state index contributed by atoms with van der Waals surface area (Å²) in [7, 11) is 0. The summed E-state index contributed by atoms with van der Waals surface area (Å²) in [5, 5.41) is 9.26. The lowest BCUT2D eigenvalue weighted by molar-refractivity contribution is -0.132. The van der Waals surface area contributed by atoms with Crippen molar-refractivity contribution in [2.45, 2.75) is 12.8 Å². The molecule has 14 heavy (non-hydrogen) atoms. The summed E-state index contributed by atoms with van der Waals surface area (Å²) in [4.78, 5) is 10.5. The average molecular weight is 211 g/mol. The van der Waals surface area contributed by atoms with Gasteiger partial charge in [0.1, 0.15) is 0 Å². The molecule has 1 rings (SSSR count). The first-order valence-electron chi connectivity index (χ1n) is 4.25. The normalized spacial score (nSPS) is 9.79. The fraction of sp³-hybridized carbons (Fsp3) is 0.182. The molecule has 0 atom stereocenters. The lowest BCUT2D eigenvalue weighted by Crippen LogP contribution is -2.00. The number of halogens is 1. The molecule has 0 unspecified atom stereocenters. The lowest BCUT2D eigenvalue weighted by Gasteiger charge is -2.01. The zero-order valence-electron chi connectivity index (χ0n) is 7.66. The Kier molecular flexibility index (Phi) is 3.72. The van der Waals surface area contributed by atoms with Gasteiger partial charge in [-0.1, -0.05) is 30.3 Å². The van der Waals surface area contributed by atoms with Gasteiger partial charge in [-0.15, -0.1) is 0 Å². The van der Waals surface area contributed by atoms with E-state index in [9.17, 15) is 4.79 Å². The number of carbonyl (C=O) groups is 1. The number of carboxylic acids is 1. The van der Waals surface area contributed by atoms with E-state index in [2.05, 4.69) is 6.58 Å². The van der Waals surface area contributed by atoms with Gasteiger partial charge < -0.3 is 5.11 Å². The first-order valence-corrected chi connectivity index (χ1v) is 4.63. The third kappa shape index (κ3) is 3.23. The zero-order chi connectivity index (χ0) is 10.6. The van der Waals surface area contributed by atoms with Crippen molar-refractivity contribution in [1.29, 1.82) is 0 Å². The van der Waals surface area contributed by atoms with E-state index in [0.717, 1.165) is 5.56 Å². The molecule has 74 valence electrons. The van der Waals surface area contributed by atoms with Crippen LogP contribution in [-0.2, 0) is 11.2 Å². The minimum atomic E-state index is -0.938. The fourth-order valence-electron chi connectivity index (χ4n) is 1.09. The highest BCUT2D eigenvalue weighted by Gasteiger charge is 2.03. The summed E-state index contributed by atoms with van der Waals surface area (Å²) in [5.74, 6) is -0.938. The van der Waals surface area contributed by atoms with E-state index in [1.807, 2.05) is 18.2 Å². The molecule has 0 saturated carbocycles. The SMILES string of the molecule is C=C(CCc1cccc(Cl)c1)C(=O)O. The molecule has 0 aromatic heterocycles. The van der Waals surface area contributed by atoms with Gasteiger partial charge in [0, 0.05) is 10.6 Å². The van der Waals surface area contributed by atoms with E-state index in [-0.39, 0.29) is 5.57 Å². The minimum Gasteiger partial charge on any atom is -0.478 e. The molecule has 1 N–H and O–H groups in total. The molecule has 2 nitrogen and oxygen atoms in total. The molecule has 0 aliphatic carbocycles. The van der Waals surface area contributed by atoms with Crippen LogP contribution in [0.1, 0.15) is 12.0 Å². The molecule has 0 radical (unpaired) electrons. The van der Waals surface area contributed by atoms with Gasteiger partial charge in [0.15, 0.2) is 0 Å². The van der Waals surface area contributed by atoms with Gasteiger partial charge in [0.25, 0.3) is 0 Å². The second-order valence-corrected chi connectivity index (χ2v) is 3.48. The Bertz CT molecular complexity index is 358. The van der Waals surface area contributed by atoms with Crippen LogP contribution in [0.2, 0.25) is 5.02 Å². The molecule has 0 aliphatic heterocycles. The van der Waals surface area contributed by atoms with Crippen LogP contribution >= 0.6 is 11.6 Å². The van der Waals surface area contributed by atoms with E-state index >= 15 is 0 Å². The lowest BCUT2D eigenvalue weighted by atomic mass is 10.1. The van der Waals surface area contributed by atoms with Crippen LogP contribution in [0.15, 0.2) is 36.4 Å². The van der Waals surface area contributed by atoms with E-state index in [1.54, 1.807) is 6.07 Å². The number of aryl methyl sites for hydroxylation is 1. The van der Waals surface area contributed by atoms with Gasteiger partial charge in [-0.05, 0) is 30.5 Å². The van der Waals surface area contributed by atoms with Crippen LogP contribution in [0.25, 0.3) is 0 Å². The Morgan fingerprint density at radius 1 is 1.50 bits per heavy atom. The summed E-state index contributed by atoms with van der Waals surface area (Å²) < 4.78 is 0. The molecule has 0 spiro atoms. The predicted molar refractivity (Wildman–Crippen MR) is 56.5 cm³/mol. The number of carboxylic acid groups (broad SMARTS) is 1. The molecule has 0 fully saturated rings. The first kappa shape index (κ1) is 10.8. The summed E-state index contributed by atoms with van der Waals surface area (Å²) >= 11 is 5.78. The van der Waals surface area contributed by atoms with Crippen LogP contribution in [-0.4, -0.2) is 11.1 Å². The van der Waals surface area contributed by atoms with E-state index in [4.69, 9.17) is 16.7 Å². The number of rotatable bonds is 4. The van der Waals surface area contributed by atoms with Crippen LogP contribution in [0, 0.1) is 0 Å². The molecule has 0 heterocycles. The molecule has 3 heteroatoms. The summed E-state index contributed by atoms with van der Waals surface area (Å²) in [6.45, 7) is 3.46. The number of hydrogen-bond acceptors (Lipinski definition) is 1. The molecule has 0 bridgehead atoms. The van der Waals surface area contributed by atoms with Crippen molar-refractivity contribution in [3.63, 3.8) is 0 Å². The highest BCUT2D eigenvalue weighted by Crippen LogP contribution is 2.13. The zero-order valence-corrected chi connectivity index (χ0v) is 8.42. The van der Waals surface area contributed by atoms with Gasteiger partial charge in [0.2, 0.25) is 0 Å². The molecule has 0 amide bonds. The highest BCUT2D eigenvalue weighted by atomic mass is 35.5. The van der Waals surface area contributed by atoms with E-state index in [1.165, 1.54) is 0 Å². The van der Waals surface area contributed by atoms with Crippen molar-refractivity contribution in [1.82, 2.24) is 0 Å². The van der Waals surface area contributed by atoms with Gasteiger partial charge in [-0.25, -0.2) is 4.79 Å². The van der Waals surface area contributed by atoms with Crippen molar-refractivity contribution in [3.05, 3.63) is 47.0 Å². The van der Waals surface area contributed by atoms with Crippen molar-refractivity contribution >= 4 is 17.6 Å². The first-order chi connectivity index (χ1) is 6.59. The standard InChI is InChI=1S/C11H11ClO2/c1-8(11(13)14)5-6-9-3-2-4-10(12)7-9/h2-4,7H,1,5-6H2,(H,13,14). The van der Waals surface area contributed by atoms with Crippen molar-refractivity contribution in [2.75, 3.05) is 0 Å². The van der Waals surface area contributed by atoms with Gasteiger partial charge in [-0.3, -0.25) is 0 Å². The van der Waals surface area contributed by atoms with Gasteiger partial charge in [0.05, 0.1) is 0 Å². The second kappa shape index (κ2) is 4.82. The highest BCUT2D eigenvalue weighted by molar-refractivity contribution is 6.30. The third-order valence-corrected chi connectivity index (χ3v) is 2.14. The molecular formula is C11H11ClO2. The fourth-order valence-corrected chi connectivity index (χ4v) is 1.31. The Morgan fingerprint density at radius 3 is 2.79 bits per heavy atom. The summed E-state index contributed by atoms with van der Waals surface area (Å²) in [6.07, 6.45) is 1.11. The largest absolute Gasteiger partial charge is 0.478 e. The minimum absolute atomic E-state index is 0.227. The number of benzene rings is 1. The average Bonchev–Trinajstić information content (AvgIpc) is 2.14. The van der Waals surface area contributed by atoms with Crippen molar-refractivity contribution in [3.8, 4) is 0 Å². The predicted octanol–water partition coefficient (Wildman–Crippen LogP) is 2.91. The molecule has 0 aliphatic rings. The number of aliphatic carboxylic acids is 1. The maximum atomic E-state index is 10.5.